The highest BCUT2D eigenvalue weighted by atomic mass is 19.4. The highest BCUT2D eigenvalue weighted by Gasteiger charge is 2.43. The topological polar surface area (TPSA) is 75.6 Å². The molecule has 2 aromatic heterocycles. The van der Waals surface area contributed by atoms with Crippen LogP contribution in [0.4, 0.5) is 13.2 Å². The summed E-state index contributed by atoms with van der Waals surface area (Å²) in [4.78, 5) is 7.51. The maximum absolute atomic E-state index is 12.5. The molecule has 1 aliphatic rings. The van der Waals surface area contributed by atoms with Crippen LogP contribution in [0, 0.1) is 23.7 Å². The quantitative estimate of drug-likeness (QED) is 0.869. The minimum absolute atomic E-state index is 0.164. The van der Waals surface area contributed by atoms with Crippen LogP contribution in [0.15, 0.2) is 16.8 Å². The number of hydrogen-bond donors (Lipinski definition) is 0. The molecule has 22 heavy (non-hydrogen) atoms. The number of pyridine rings is 1. The number of rotatable bonds is 3. The molecular formula is C14H11F3N4O. The lowest BCUT2D eigenvalue weighted by atomic mass is 9.96. The van der Waals surface area contributed by atoms with Gasteiger partial charge in [0, 0.05) is 17.5 Å². The number of aryl methyl sites for hydroxylation is 1. The predicted molar refractivity (Wildman–Crippen MR) is 68.3 cm³/mol. The minimum Gasteiger partial charge on any atom is -0.329 e. The molecule has 0 N–H and O–H groups in total. The Labute approximate surface area is 123 Å². The van der Waals surface area contributed by atoms with Crippen molar-refractivity contribution < 1.29 is 17.7 Å². The van der Waals surface area contributed by atoms with E-state index in [0.29, 0.717) is 12.0 Å². The van der Waals surface area contributed by atoms with E-state index >= 15 is 0 Å². The standard InChI is InChI=1S/C14H11F3N4O/c1-8-9(5-13(7-18)2-3-13)4-10(6-19-8)11-20-12(22-21-11)14(15,16)17/h4,6H,2-3,5H2,1H3. The van der Waals surface area contributed by atoms with Crippen LogP contribution in [-0.4, -0.2) is 15.1 Å². The maximum atomic E-state index is 12.5. The fraction of sp³-hybridized carbons (Fsp3) is 0.429. The number of halogens is 3. The zero-order valence-corrected chi connectivity index (χ0v) is 11.6. The van der Waals surface area contributed by atoms with Crippen molar-refractivity contribution in [2.45, 2.75) is 32.4 Å². The Hall–Kier alpha value is -2.43. The van der Waals surface area contributed by atoms with Crippen molar-refractivity contribution in [3.05, 3.63) is 29.4 Å². The molecule has 5 nitrogen and oxygen atoms in total. The van der Waals surface area contributed by atoms with E-state index in [2.05, 4.69) is 25.7 Å². The van der Waals surface area contributed by atoms with E-state index in [1.54, 1.807) is 13.0 Å². The van der Waals surface area contributed by atoms with E-state index in [9.17, 15) is 13.2 Å². The maximum Gasteiger partial charge on any atom is 0.471 e. The summed E-state index contributed by atoms with van der Waals surface area (Å²) in [6.07, 6.45) is -1.10. The van der Waals surface area contributed by atoms with Gasteiger partial charge in [-0.3, -0.25) is 4.98 Å². The van der Waals surface area contributed by atoms with Crippen LogP contribution in [0.1, 0.15) is 30.0 Å². The summed E-state index contributed by atoms with van der Waals surface area (Å²) < 4.78 is 41.7. The van der Waals surface area contributed by atoms with Crippen LogP contribution in [-0.2, 0) is 12.6 Å². The molecule has 3 rings (SSSR count). The van der Waals surface area contributed by atoms with Crippen LogP contribution in [0.2, 0.25) is 0 Å². The lowest BCUT2D eigenvalue weighted by Gasteiger charge is -2.09. The van der Waals surface area contributed by atoms with Crippen molar-refractivity contribution in [1.82, 2.24) is 15.1 Å². The van der Waals surface area contributed by atoms with Gasteiger partial charge in [0.1, 0.15) is 0 Å². The highest BCUT2D eigenvalue weighted by molar-refractivity contribution is 5.55. The Morgan fingerprint density at radius 2 is 2.14 bits per heavy atom. The van der Waals surface area contributed by atoms with E-state index in [1.807, 2.05) is 0 Å². The Kier molecular flexibility index (Phi) is 3.16. The molecule has 8 heteroatoms. The van der Waals surface area contributed by atoms with Gasteiger partial charge in [-0.15, -0.1) is 0 Å². The largest absolute Gasteiger partial charge is 0.471 e. The molecule has 0 spiro atoms. The molecule has 1 saturated carbocycles. The molecule has 0 amide bonds. The Bertz CT molecular complexity index is 756. The van der Waals surface area contributed by atoms with Gasteiger partial charge in [-0.05, 0) is 37.8 Å². The number of hydrogen-bond acceptors (Lipinski definition) is 5. The Balaban J connectivity index is 1.92. The number of aromatic nitrogens is 3. The molecule has 0 saturated heterocycles. The van der Waals surface area contributed by atoms with E-state index in [-0.39, 0.29) is 11.2 Å². The molecule has 2 aromatic rings. The number of nitrogens with zero attached hydrogens (tertiary/aromatic N) is 4. The summed E-state index contributed by atoms with van der Waals surface area (Å²) in [5.74, 6) is -1.55. The van der Waals surface area contributed by atoms with Crippen molar-refractivity contribution in [2.24, 2.45) is 5.41 Å². The first-order valence-electron chi connectivity index (χ1n) is 6.61. The normalized spacial score (nSPS) is 16.3. The zero-order valence-electron chi connectivity index (χ0n) is 11.6. The van der Waals surface area contributed by atoms with Crippen LogP contribution in [0.25, 0.3) is 11.4 Å². The molecular weight excluding hydrogens is 297 g/mol. The second kappa shape index (κ2) is 4.80. The summed E-state index contributed by atoms with van der Waals surface area (Å²) in [6.45, 7) is 1.80. The molecule has 0 radical (unpaired) electrons. The molecule has 0 atom stereocenters. The molecule has 2 heterocycles. The second-order valence-corrected chi connectivity index (χ2v) is 5.46. The van der Waals surface area contributed by atoms with Gasteiger partial charge in [0.2, 0.25) is 5.82 Å². The number of nitriles is 1. The molecule has 0 aliphatic heterocycles. The van der Waals surface area contributed by atoms with E-state index in [0.717, 1.165) is 24.1 Å². The van der Waals surface area contributed by atoms with E-state index in [4.69, 9.17) is 5.26 Å². The lowest BCUT2D eigenvalue weighted by Crippen LogP contribution is -2.05. The summed E-state index contributed by atoms with van der Waals surface area (Å²) in [7, 11) is 0. The predicted octanol–water partition coefficient (Wildman–Crippen LogP) is 3.31. The van der Waals surface area contributed by atoms with Crippen molar-refractivity contribution >= 4 is 0 Å². The third-order valence-electron chi connectivity index (χ3n) is 3.74. The molecule has 1 fully saturated rings. The zero-order chi connectivity index (χ0) is 16.0. The SMILES string of the molecule is Cc1ncc(-c2noc(C(F)(F)F)n2)cc1CC1(C#N)CC1. The van der Waals surface area contributed by atoms with Crippen molar-refractivity contribution in [1.29, 1.82) is 5.26 Å². The van der Waals surface area contributed by atoms with Crippen molar-refractivity contribution in [2.75, 3.05) is 0 Å². The summed E-state index contributed by atoms with van der Waals surface area (Å²) in [5.41, 5.74) is 1.53. The Morgan fingerprint density at radius 3 is 2.68 bits per heavy atom. The van der Waals surface area contributed by atoms with Crippen LogP contribution >= 0.6 is 0 Å². The molecule has 0 unspecified atom stereocenters. The molecule has 1 aliphatic carbocycles. The molecule has 0 aromatic carbocycles. The fourth-order valence-electron chi connectivity index (χ4n) is 2.18. The average molecular weight is 308 g/mol. The second-order valence-electron chi connectivity index (χ2n) is 5.46. The van der Waals surface area contributed by atoms with Crippen LogP contribution < -0.4 is 0 Å². The van der Waals surface area contributed by atoms with Gasteiger partial charge in [0.15, 0.2) is 0 Å². The van der Waals surface area contributed by atoms with Gasteiger partial charge in [-0.25, -0.2) is 0 Å². The molecule has 0 bridgehead atoms. The highest BCUT2D eigenvalue weighted by Crippen LogP contribution is 2.48. The van der Waals surface area contributed by atoms with Crippen molar-refractivity contribution in [3.8, 4) is 17.5 Å². The van der Waals surface area contributed by atoms with Gasteiger partial charge in [-0.2, -0.15) is 23.4 Å². The first kappa shape index (κ1) is 14.5. The van der Waals surface area contributed by atoms with Gasteiger partial charge in [0.25, 0.3) is 0 Å². The van der Waals surface area contributed by atoms with Crippen LogP contribution in [0.3, 0.4) is 0 Å². The summed E-state index contributed by atoms with van der Waals surface area (Å²) in [6, 6.07) is 3.96. The minimum atomic E-state index is -4.68. The van der Waals surface area contributed by atoms with E-state index in [1.165, 1.54) is 6.20 Å². The monoisotopic (exact) mass is 308 g/mol. The summed E-state index contributed by atoms with van der Waals surface area (Å²) >= 11 is 0. The summed E-state index contributed by atoms with van der Waals surface area (Å²) in [5, 5.41) is 12.5. The third kappa shape index (κ3) is 2.66. The van der Waals surface area contributed by atoms with Crippen molar-refractivity contribution in [3.63, 3.8) is 0 Å². The first-order valence-corrected chi connectivity index (χ1v) is 6.61. The lowest BCUT2D eigenvalue weighted by molar-refractivity contribution is -0.159. The average Bonchev–Trinajstić information content (AvgIpc) is 3.04. The smallest absolute Gasteiger partial charge is 0.329 e. The third-order valence-corrected chi connectivity index (χ3v) is 3.74. The Morgan fingerprint density at radius 1 is 1.41 bits per heavy atom. The van der Waals surface area contributed by atoms with Gasteiger partial charge < -0.3 is 4.52 Å². The number of alkyl halides is 3. The van der Waals surface area contributed by atoms with Gasteiger partial charge in [0.05, 0.1) is 11.5 Å². The van der Waals surface area contributed by atoms with Gasteiger partial charge >= 0.3 is 12.1 Å². The molecule has 114 valence electrons. The van der Waals surface area contributed by atoms with Crippen LogP contribution in [0.5, 0.6) is 0 Å². The van der Waals surface area contributed by atoms with Gasteiger partial charge in [-0.1, -0.05) is 5.16 Å². The first-order chi connectivity index (χ1) is 10.3. The fourth-order valence-corrected chi connectivity index (χ4v) is 2.18. The van der Waals surface area contributed by atoms with E-state index < -0.39 is 12.1 Å².